The zero-order valence-corrected chi connectivity index (χ0v) is 17.8. The maximum atomic E-state index is 14.0. The van der Waals surface area contributed by atoms with Crippen molar-refractivity contribution in [3.8, 4) is 0 Å². The minimum atomic E-state index is -0.365. The topological polar surface area (TPSA) is 82.2 Å². The molecule has 0 bridgehead atoms. The molecule has 0 atom stereocenters. The monoisotopic (exact) mass is 440 g/mol. The Kier molecular flexibility index (Phi) is 6.36. The zero-order valence-electron chi connectivity index (χ0n) is 17.8. The van der Waals surface area contributed by atoms with E-state index in [0.29, 0.717) is 56.1 Å². The van der Waals surface area contributed by atoms with E-state index in [4.69, 9.17) is 4.74 Å². The summed E-state index contributed by atoms with van der Waals surface area (Å²) in [6.45, 7) is 2.66. The molecular formula is C23H25FN4O4. The fourth-order valence-electron chi connectivity index (χ4n) is 4.00. The smallest absolute Gasteiger partial charge is 0.321 e. The van der Waals surface area contributed by atoms with Gasteiger partial charge in [-0.2, -0.15) is 0 Å². The number of hydrogen-bond donors (Lipinski definition) is 1. The largest absolute Gasteiger partial charge is 0.385 e. The molecule has 4 amide bonds. The van der Waals surface area contributed by atoms with E-state index in [1.165, 1.54) is 11.0 Å². The predicted molar refractivity (Wildman–Crippen MR) is 118 cm³/mol. The van der Waals surface area contributed by atoms with Gasteiger partial charge in [0.1, 0.15) is 5.82 Å². The molecule has 0 spiro atoms. The van der Waals surface area contributed by atoms with E-state index in [1.54, 1.807) is 48.4 Å². The first-order chi connectivity index (χ1) is 15.5. The van der Waals surface area contributed by atoms with Crippen LogP contribution in [0.5, 0.6) is 0 Å². The number of benzene rings is 2. The molecule has 0 aliphatic carbocycles. The van der Waals surface area contributed by atoms with Crippen LogP contribution in [0.4, 0.5) is 20.6 Å². The van der Waals surface area contributed by atoms with Crippen LogP contribution in [-0.4, -0.2) is 74.1 Å². The van der Waals surface area contributed by atoms with Crippen molar-refractivity contribution in [2.45, 2.75) is 6.42 Å². The van der Waals surface area contributed by atoms with Crippen LogP contribution < -0.4 is 10.2 Å². The molecule has 0 aromatic heterocycles. The molecule has 4 rings (SSSR count). The van der Waals surface area contributed by atoms with Crippen LogP contribution in [-0.2, 0) is 4.74 Å². The number of ether oxygens (including phenoxy) is 1. The van der Waals surface area contributed by atoms with Gasteiger partial charge in [-0.1, -0.05) is 12.1 Å². The first kappa shape index (κ1) is 21.8. The minimum Gasteiger partial charge on any atom is -0.385 e. The number of methoxy groups -OCH3 is 1. The van der Waals surface area contributed by atoms with Crippen LogP contribution in [0.2, 0.25) is 0 Å². The summed E-state index contributed by atoms with van der Waals surface area (Å²) in [7, 11) is 1.57. The number of fused-ring (bicyclic) bond motifs is 1. The second kappa shape index (κ2) is 9.35. The number of amides is 4. The van der Waals surface area contributed by atoms with Crippen LogP contribution in [0.3, 0.4) is 0 Å². The van der Waals surface area contributed by atoms with Gasteiger partial charge in [0.05, 0.1) is 16.8 Å². The summed E-state index contributed by atoms with van der Waals surface area (Å²) in [6, 6.07) is 11.0. The number of halogens is 1. The SMILES string of the molecule is COCCCN1C(=O)c2ccc(NC(=O)N3CCN(c4ccccc4F)CC3)cc2C1=O. The molecule has 2 aromatic rings. The van der Waals surface area contributed by atoms with E-state index in [2.05, 4.69) is 5.32 Å². The molecule has 2 aliphatic rings. The number of nitrogens with zero attached hydrogens (tertiary/aromatic N) is 3. The number of nitrogens with one attached hydrogen (secondary N) is 1. The molecule has 0 saturated carbocycles. The summed E-state index contributed by atoms with van der Waals surface area (Å²) in [5, 5.41) is 2.80. The number of piperazine rings is 1. The van der Waals surface area contributed by atoms with Crippen molar-refractivity contribution in [3.63, 3.8) is 0 Å². The molecule has 168 valence electrons. The Morgan fingerprint density at radius 1 is 1.03 bits per heavy atom. The fourth-order valence-corrected chi connectivity index (χ4v) is 4.00. The van der Waals surface area contributed by atoms with Gasteiger partial charge < -0.3 is 19.9 Å². The lowest BCUT2D eigenvalue weighted by atomic mass is 10.1. The van der Waals surface area contributed by atoms with E-state index in [-0.39, 0.29) is 35.8 Å². The number of hydrogen-bond acceptors (Lipinski definition) is 5. The average molecular weight is 440 g/mol. The zero-order chi connectivity index (χ0) is 22.7. The van der Waals surface area contributed by atoms with Crippen molar-refractivity contribution < 1.29 is 23.5 Å². The average Bonchev–Trinajstić information content (AvgIpc) is 3.04. The number of imide groups is 1. The third-order valence-electron chi connectivity index (χ3n) is 5.71. The van der Waals surface area contributed by atoms with Crippen molar-refractivity contribution >= 4 is 29.2 Å². The predicted octanol–water partition coefficient (Wildman–Crippen LogP) is 2.81. The second-order valence-electron chi connectivity index (χ2n) is 7.72. The highest BCUT2D eigenvalue weighted by Gasteiger charge is 2.35. The Balaban J connectivity index is 1.37. The third kappa shape index (κ3) is 4.29. The lowest BCUT2D eigenvalue weighted by Crippen LogP contribution is -2.50. The number of para-hydroxylation sites is 1. The van der Waals surface area contributed by atoms with Crippen molar-refractivity contribution in [2.24, 2.45) is 0 Å². The summed E-state index contributed by atoms with van der Waals surface area (Å²) in [5.41, 5.74) is 1.60. The van der Waals surface area contributed by atoms with Gasteiger partial charge in [-0.25, -0.2) is 9.18 Å². The van der Waals surface area contributed by atoms with Crippen molar-refractivity contribution in [2.75, 3.05) is 56.7 Å². The molecule has 8 nitrogen and oxygen atoms in total. The Hall–Kier alpha value is -3.46. The number of carbonyl (C=O) groups excluding carboxylic acids is 3. The Bertz CT molecular complexity index is 1040. The first-order valence-corrected chi connectivity index (χ1v) is 10.5. The second-order valence-corrected chi connectivity index (χ2v) is 7.72. The highest BCUT2D eigenvalue weighted by atomic mass is 19.1. The summed E-state index contributed by atoms with van der Waals surface area (Å²) < 4.78 is 19.0. The highest BCUT2D eigenvalue weighted by Crippen LogP contribution is 2.26. The number of urea groups is 1. The van der Waals surface area contributed by atoms with Crippen LogP contribution in [0, 0.1) is 5.82 Å². The van der Waals surface area contributed by atoms with Gasteiger partial charge in [0, 0.05) is 52.1 Å². The van der Waals surface area contributed by atoms with E-state index < -0.39 is 0 Å². The molecule has 2 aliphatic heterocycles. The molecule has 2 heterocycles. The normalized spacial score (nSPS) is 15.9. The summed E-state index contributed by atoms with van der Waals surface area (Å²) >= 11 is 0. The first-order valence-electron chi connectivity index (χ1n) is 10.5. The van der Waals surface area contributed by atoms with Gasteiger partial charge in [-0.05, 0) is 36.8 Å². The molecule has 32 heavy (non-hydrogen) atoms. The van der Waals surface area contributed by atoms with Crippen LogP contribution in [0.25, 0.3) is 0 Å². The maximum absolute atomic E-state index is 14.0. The van der Waals surface area contributed by atoms with Gasteiger partial charge in [-0.15, -0.1) is 0 Å². The molecule has 2 aromatic carbocycles. The molecule has 0 radical (unpaired) electrons. The number of anilines is 2. The van der Waals surface area contributed by atoms with E-state index in [0.717, 1.165) is 0 Å². The Morgan fingerprint density at radius 3 is 2.47 bits per heavy atom. The summed E-state index contributed by atoms with van der Waals surface area (Å²) in [6.07, 6.45) is 0.560. The summed E-state index contributed by atoms with van der Waals surface area (Å²) in [4.78, 5) is 42.6. The van der Waals surface area contributed by atoms with E-state index in [1.807, 2.05) is 4.90 Å². The fraction of sp³-hybridized carbons (Fsp3) is 0.348. The van der Waals surface area contributed by atoms with Gasteiger partial charge in [0.25, 0.3) is 11.8 Å². The van der Waals surface area contributed by atoms with Crippen molar-refractivity contribution in [1.29, 1.82) is 0 Å². The van der Waals surface area contributed by atoms with Gasteiger partial charge in [0.15, 0.2) is 0 Å². The molecular weight excluding hydrogens is 415 g/mol. The van der Waals surface area contributed by atoms with Crippen molar-refractivity contribution in [3.05, 3.63) is 59.4 Å². The Labute approximate surface area is 185 Å². The molecule has 1 fully saturated rings. The van der Waals surface area contributed by atoms with Gasteiger partial charge in [-0.3, -0.25) is 14.5 Å². The summed E-state index contributed by atoms with van der Waals surface area (Å²) in [5.74, 6) is -0.974. The Morgan fingerprint density at radius 2 is 1.75 bits per heavy atom. The number of carbonyl (C=O) groups is 3. The van der Waals surface area contributed by atoms with Crippen LogP contribution in [0.15, 0.2) is 42.5 Å². The van der Waals surface area contributed by atoms with Gasteiger partial charge >= 0.3 is 6.03 Å². The molecule has 0 unspecified atom stereocenters. The van der Waals surface area contributed by atoms with Crippen LogP contribution >= 0.6 is 0 Å². The molecule has 9 heteroatoms. The maximum Gasteiger partial charge on any atom is 0.321 e. The molecule has 1 N–H and O–H groups in total. The van der Waals surface area contributed by atoms with E-state index >= 15 is 0 Å². The van der Waals surface area contributed by atoms with Crippen LogP contribution in [0.1, 0.15) is 27.1 Å². The third-order valence-corrected chi connectivity index (χ3v) is 5.71. The molecule has 1 saturated heterocycles. The standard InChI is InChI=1S/C23H25FN4O4/c1-32-14-4-9-28-21(29)17-8-7-16(15-18(17)22(28)30)25-23(31)27-12-10-26(11-13-27)20-6-3-2-5-19(20)24/h2-3,5-8,15H,4,9-14H2,1H3,(H,25,31). The number of rotatable bonds is 6. The highest BCUT2D eigenvalue weighted by molar-refractivity contribution is 6.21. The quantitative estimate of drug-likeness (QED) is 0.552. The van der Waals surface area contributed by atoms with E-state index in [9.17, 15) is 18.8 Å². The lowest BCUT2D eigenvalue weighted by Gasteiger charge is -2.36. The minimum absolute atomic E-state index is 0.279. The lowest BCUT2D eigenvalue weighted by molar-refractivity contribution is 0.0638. The van der Waals surface area contributed by atoms with Gasteiger partial charge in [0.2, 0.25) is 0 Å². The van der Waals surface area contributed by atoms with Crippen molar-refractivity contribution in [1.82, 2.24) is 9.80 Å².